The van der Waals surface area contributed by atoms with Crippen LogP contribution in [-0.2, 0) is 4.79 Å². The van der Waals surface area contributed by atoms with Crippen molar-refractivity contribution in [2.24, 2.45) is 5.92 Å². The molecule has 2 N–H and O–H groups in total. The number of hydrogen-bond donors (Lipinski definition) is 2. The SMILES string of the molecule is C[C@@H]1Sc2ccc(C(=O)NCC3CC3)cc2NC1=O. The van der Waals surface area contributed by atoms with Gasteiger partial charge in [-0.25, -0.2) is 0 Å². The number of benzene rings is 1. The molecule has 1 saturated carbocycles. The van der Waals surface area contributed by atoms with Gasteiger partial charge in [-0.3, -0.25) is 9.59 Å². The molecule has 0 radical (unpaired) electrons. The number of carbonyl (C=O) groups is 2. The van der Waals surface area contributed by atoms with Crippen LogP contribution in [0.15, 0.2) is 23.1 Å². The van der Waals surface area contributed by atoms with E-state index < -0.39 is 0 Å². The summed E-state index contributed by atoms with van der Waals surface area (Å²) >= 11 is 1.52. The minimum atomic E-state index is -0.0814. The molecular formula is C14H16N2O2S. The molecule has 0 spiro atoms. The minimum Gasteiger partial charge on any atom is -0.352 e. The highest BCUT2D eigenvalue weighted by Gasteiger charge is 2.25. The van der Waals surface area contributed by atoms with Crippen LogP contribution in [0.1, 0.15) is 30.1 Å². The van der Waals surface area contributed by atoms with Crippen molar-refractivity contribution in [2.75, 3.05) is 11.9 Å². The normalized spacial score (nSPS) is 21.5. The van der Waals surface area contributed by atoms with Crippen LogP contribution in [0.25, 0.3) is 0 Å². The summed E-state index contributed by atoms with van der Waals surface area (Å²) in [5, 5.41) is 5.69. The van der Waals surface area contributed by atoms with Crippen molar-refractivity contribution < 1.29 is 9.59 Å². The predicted octanol–water partition coefficient (Wildman–Crippen LogP) is 2.26. The molecule has 1 aliphatic carbocycles. The minimum absolute atomic E-state index is 0.00645. The van der Waals surface area contributed by atoms with Crippen molar-refractivity contribution >= 4 is 29.3 Å². The van der Waals surface area contributed by atoms with Gasteiger partial charge in [0.2, 0.25) is 5.91 Å². The number of hydrogen-bond acceptors (Lipinski definition) is 3. The Morgan fingerprint density at radius 2 is 2.26 bits per heavy atom. The second-order valence-electron chi connectivity index (χ2n) is 5.11. The number of rotatable bonds is 3. The average Bonchev–Trinajstić information content (AvgIpc) is 3.21. The highest BCUT2D eigenvalue weighted by molar-refractivity contribution is 8.00. The number of anilines is 1. The Bertz CT molecular complexity index is 540. The van der Waals surface area contributed by atoms with Crippen molar-refractivity contribution in [1.29, 1.82) is 0 Å². The van der Waals surface area contributed by atoms with Crippen molar-refractivity contribution in [3.63, 3.8) is 0 Å². The van der Waals surface area contributed by atoms with Gasteiger partial charge in [-0.2, -0.15) is 0 Å². The fraction of sp³-hybridized carbons (Fsp3) is 0.429. The third-order valence-corrected chi connectivity index (χ3v) is 4.60. The smallest absolute Gasteiger partial charge is 0.251 e. The average molecular weight is 276 g/mol. The molecule has 2 amide bonds. The van der Waals surface area contributed by atoms with E-state index in [4.69, 9.17) is 0 Å². The number of amides is 2. The highest BCUT2D eigenvalue weighted by atomic mass is 32.2. The largest absolute Gasteiger partial charge is 0.352 e. The van der Waals surface area contributed by atoms with Gasteiger partial charge < -0.3 is 10.6 Å². The van der Waals surface area contributed by atoms with E-state index in [9.17, 15) is 9.59 Å². The van der Waals surface area contributed by atoms with Gasteiger partial charge in [0.15, 0.2) is 0 Å². The van der Waals surface area contributed by atoms with Crippen LogP contribution in [0.4, 0.5) is 5.69 Å². The lowest BCUT2D eigenvalue weighted by atomic mass is 10.1. The molecule has 1 heterocycles. The summed E-state index contributed by atoms with van der Waals surface area (Å²) < 4.78 is 0. The zero-order valence-corrected chi connectivity index (χ0v) is 11.5. The molecule has 1 atom stereocenters. The van der Waals surface area contributed by atoms with Crippen molar-refractivity contribution in [1.82, 2.24) is 5.32 Å². The van der Waals surface area contributed by atoms with Gasteiger partial charge in [0.1, 0.15) is 0 Å². The topological polar surface area (TPSA) is 58.2 Å². The Morgan fingerprint density at radius 3 is 3.00 bits per heavy atom. The number of nitrogens with one attached hydrogen (secondary N) is 2. The summed E-state index contributed by atoms with van der Waals surface area (Å²) in [6.07, 6.45) is 2.43. The maximum absolute atomic E-state index is 12.0. The molecule has 100 valence electrons. The summed E-state index contributed by atoms with van der Waals surface area (Å²) in [4.78, 5) is 24.6. The molecule has 2 aliphatic rings. The molecule has 1 aromatic rings. The van der Waals surface area contributed by atoms with Gasteiger partial charge in [-0.15, -0.1) is 11.8 Å². The Kier molecular flexibility index (Phi) is 3.22. The van der Waals surface area contributed by atoms with Crippen LogP contribution in [0.5, 0.6) is 0 Å². The fourth-order valence-corrected chi connectivity index (χ4v) is 2.94. The quantitative estimate of drug-likeness (QED) is 0.890. The molecule has 4 nitrogen and oxygen atoms in total. The number of fused-ring (bicyclic) bond motifs is 1. The van der Waals surface area contributed by atoms with Gasteiger partial charge in [0.25, 0.3) is 5.91 Å². The van der Waals surface area contributed by atoms with E-state index in [0.29, 0.717) is 11.5 Å². The second-order valence-corrected chi connectivity index (χ2v) is 6.50. The van der Waals surface area contributed by atoms with Crippen molar-refractivity contribution in [2.45, 2.75) is 29.9 Å². The lowest BCUT2D eigenvalue weighted by molar-refractivity contribution is -0.115. The van der Waals surface area contributed by atoms with E-state index in [2.05, 4.69) is 10.6 Å². The summed E-state index contributed by atoms with van der Waals surface area (Å²) in [7, 11) is 0. The third-order valence-electron chi connectivity index (χ3n) is 3.42. The number of carbonyl (C=O) groups excluding carboxylic acids is 2. The first-order valence-corrected chi connectivity index (χ1v) is 7.41. The summed E-state index contributed by atoms with van der Waals surface area (Å²) in [5.74, 6) is 0.596. The predicted molar refractivity (Wildman–Crippen MR) is 75.4 cm³/mol. The lowest BCUT2D eigenvalue weighted by Crippen LogP contribution is -2.28. The summed E-state index contributed by atoms with van der Waals surface area (Å²) in [6, 6.07) is 5.48. The van der Waals surface area contributed by atoms with Gasteiger partial charge in [-0.05, 0) is 43.9 Å². The van der Waals surface area contributed by atoms with Gasteiger partial charge >= 0.3 is 0 Å². The van der Waals surface area contributed by atoms with Crippen LogP contribution < -0.4 is 10.6 Å². The standard InChI is InChI=1S/C14H16N2O2S/c1-8-13(17)16-11-6-10(4-5-12(11)19-8)14(18)15-7-9-2-3-9/h4-6,8-9H,2-3,7H2,1H3,(H,15,18)(H,16,17)/t8-/m0/s1. The lowest BCUT2D eigenvalue weighted by Gasteiger charge is -2.21. The Morgan fingerprint density at radius 1 is 1.47 bits per heavy atom. The summed E-state index contributed by atoms with van der Waals surface area (Å²) in [6.45, 7) is 2.63. The zero-order valence-electron chi connectivity index (χ0n) is 10.7. The first kappa shape index (κ1) is 12.5. The fourth-order valence-electron chi connectivity index (χ4n) is 2.01. The molecule has 1 aromatic carbocycles. The Hall–Kier alpha value is -1.49. The van der Waals surface area contributed by atoms with Crippen molar-refractivity contribution in [3.8, 4) is 0 Å². The number of thioether (sulfide) groups is 1. The molecule has 1 fully saturated rings. The van der Waals surface area contributed by atoms with E-state index >= 15 is 0 Å². The second kappa shape index (κ2) is 4.89. The zero-order chi connectivity index (χ0) is 13.4. The molecule has 0 aromatic heterocycles. The molecule has 19 heavy (non-hydrogen) atoms. The van der Waals surface area contributed by atoms with Gasteiger partial charge in [0.05, 0.1) is 10.9 Å². The Labute approximate surface area is 116 Å². The molecule has 1 aliphatic heterocycles. The monoisotopic (exact) mass is 276 g/mol. The van der Waals surface area contributed by atoms with E-state index in [-0.39, 0.29) is 17.1 Å². The van der Waals surface area contributed by atoms with Crippen LogP contribution in [0, 0.1) is 5.92 Å². The molecule has 0 unspecified atom stereocenters. The molecule has 5 heteroatoms. The van der Waals surface area contributed by atoms with Crippen LogP contribution in [0.3, 0.4) is 0 Å². The van der Waals surface area contributed by atoms with E-state index in [1.165, 1.54) is 24.6 Å². The molecule has 0 saturated heterocycles. The molecular weight excluding hydrogens is 260 g/mol. The first-order chi connectivity index (χ1) is 9.13. The first-order valence-electron chi connectivity index (χ1n) is 6.53. The van der Waals surface area contributed by atoms with Crippen LogP contribution >= 0.6 is 11.8 Å². The maximum Gasteiger partial charge on any atom is 0.251 e. The van der Waals surface area contributed by atoms with E-state index in [1.54, 1.807) is 6.07 Å². The van der Waals surface area contributed by atoms with Crippen molar-refractivity contribution in [3.05, 3.63) is 23.8 Å². The summed E-state index contributed by atoms with van der Waals surface area (Å²) in [5.41, 5.74) is 1.35. The van der Waals surface area contributed by atoms with Crippen LogP contribution in [-0.4, -0.2) is 23.6 Å². The van der Waals surface area contributed by atoms with Crippen LogP contribution in [0.2, 0.25) is 0 Å². The molecule has 0 bridgehead atoms. The maximum atomic E-state index is 12.0. The van der Waals surface area contributed by atoms with Gasteiger partial charge in [-0.1, -0.05) is 0 Å². The van der Waals surface area contributed by atoms with E-state index in [0.717, 1.165) is 17.1 Å². The highest BCUT2D eigenvalue weighted by Crippen LogP contribution is 2.36. The molecule has 3 rings (SSSR count). The van der Waals surface area contributed by atoms with Gasteiger partial charge in [0, 0.05) is 17.0 Å². The van der Waals surface area contributed by atoms with E-state index in [1.807, 2.05) is 19.1 Å². The Balaban J connectivity index is 1.74. The third kappa shape index (κ3) is 2.76.